The molecule has 1 aromatic rings. The van der Waals surface area contributed by atoms with Crippen molar-refractivity contribution in [2.45, 2.75) is 18.9 Å². The molecule has 0 bridgehead atoms. The van der Waals surface area contributed by atoms with Crippen LogP contribution in [0.1, 0.15) is 23.3 Å². The predicted octanol–water partition coefficient (Wildman–Crippen LogP) is 0.334. The zero-order valence-corrected chi connectivity index (χ0v) is 8.09. The van der Waals surface area contributed by atoms with Crippen LogP contribution in [-0.4, -0.2) is 40.4 Å². The van der Waals surface area contributed by atoms with Crippen LogP contribution >= 0.6 is 0 Å². The summed E-state index contributed by atoms with van der Waals surface area (Å²) in [4.78, 5) is 16.2. The summed E-state index contributed by atoms with van der Waals surface area (Å²) in [5.41, 5.74) is -0.103. The number of nitrogens with zero attached hydrogens (tertiary/aromatic N) is 2. The van der Waals surface area contributed by atoms with Crippen LogP contribution in [0.5, 0.6) is 0 Å². The minimum absolute atomic E-state index is 0.00899. The minimum atomic E-state index is -1.11. The normalized spacial score (nSPS) is 20.9. The van der Waals surface area contributed by atoms with Gasteiger partial charge in [0.05, 0.1) is 12.6 Å². The second-order valence-corrected chi connectivity index (χ2v) is 3.49. The van der Waals surface area contributed by atoms with Gasteiger partial charge in [-0.05, 0) is 12.8 Å². The maximum atomic E-state index is 10.6. The molecular weight excluding hydrogens is 200 g/mol. The molecule has 0 radical (unpaired) electrons. The predicted molar refractivity (Wildman–Crippen MR) is 50.9 cm³/mol. The van der Waals surface area contributed by atoms with E-state index in [0.29, 0.717) is 0 Å². The second kappa shape index (κ2) is 3.90. The van der Waals surface area contributed by atoms with E-state index in [-0.39, 0.29) is 24.4 Å². The quantitative estimate of drug-likeness (QED) is 0.751. The number of aromatic nitrogens is 1. The molecule has 1 aliphatic heterocycles. The first-order chi connectivity index (χ1) is 7.22. The molecular formula is C9H12N2O4. The fourth-order valence-electron chi connectivity index (χ4n) is 1.77. The van der Waals surface area contributed by atoms with Crippen LogP contribution in [0.25, 0.3) is 0 Å². The van der Waals surface area contributed by atoms with Crippen molar-refractivity contribution in [1.29, 1.82) is 0 Å². The molecule has 2 N–H and O–H groups in total. The summed E-state index contributed by atoms with van der Waals surface area (Å²) in [6, 6.07) is 0.272. The Morgan fingerprint density at radius 1 is 1.73 bits per heavy atom. The molecule has 82 valence electrons. The highest BCUT2D eigenvalue weighted by molar-refractivity contribution is 5.85. The third kappa shape index (κ3) is 1.80. The van der Waals surface area contributed by atoms with Crippen LogP contribution in [0.2, 0.25) is 0 Å². The van der Waals surface area contributed by atoms with Crippen molar-refractivity contribution in [3.63, 3.8) is 0 Å². The molecule has 6 nitrogen and oxygen atoms in total. The Labute approximate surface area is 86.1 Å². The summed E-state index contributed by atoms with van der Waals surface area (Å²) in [6.45, 7) is 0.773. The number of aliphatic hydroxyl groups is 1. The van der Waals surface area contributed by atoms with Gasteiger partial charge in [-0.2, -0.15) is 4.98 Å². The molecule has 15 heavy (non-hydrogen) atoms. The average Bonchev–Trinajstić information content (AvgIpc) is 2.85. The van der Waals surface area contributed by atoms with E-state index in [0.717, 1.165) is 25.6 Å². The van der Waals surface area contributed by atoms with E-state index >= 15 is 0 Å². The van der Waals surface area contributed by atoms with Gasteiger partial charge < -0.3 is 19.5 Å². The molecule has 0 aromatic carbocycles. The highest BCUT2D eigenvalue weighted by Gasteiger charge is 2.28. The molecule has 1 aliphatic rings. The fraction of sp³-hybridized carbons (Fsp3) is 0.556. The largest absolute Gasteiger partial charge is 0.476 e. The molecule has 0 aliphatic carbocycles. The Kier molecular flexibility index (Phi) is 2.59. The first-order valence-corrected chi connectivity index (χ1v) is 4.78. The lowest BCUT2D eigenvalue weighted by atomic mass is 10.2. The Hall–Kier alpha value is -1.56. The smallest absolute Gasteiger partial charge is 0.357 e. The van der Waals surface area contributed by atoms with Crippen LogP contribution in [0.3, 0.4) is 0 Å². The maximum Gasteiger partial charge on any atom is 0.357 e. The Morgan fingerprint density at radius 2 is 2.53 bits per heavy atom. The lowest BCUT2D eigenvalue weighted by Crippen LogP contribution is -2.32. The standard InChI is InChI=1S/C9H12N2O4/c12-4-6-2-1-3-11(6)9-10-7(5-15-9)8(13)14/h5-6,12H,1-4H2,(H,13,14). The van der Waals surface area contributed by atoms with Crippen molar-refractivity contribution < 1.29 is 19.4 Å². The Morgan fingerprint density at radius 3 is 3.13 bits per heavy atom. The highest BCUT2D eigenvalue weighted by atomic mass is 16.4. The van der Waals surface area contributed by atoms with E-state index in [4.69, 9.17) is 14.6 Å². The van der Waals surface area contributed by atoms with Gasteiger partial charge in [0.15, 0.2) is 5.69 Å². The van der Waals surface area contributed by atoms with Gasteiger partial charge in [0, 0.05) is 6.54 Å². The van der Waals surface area contributed by atoms with E-state index in [2.05, 4.69) is 4.98 Å². The third-order valence-corrected chi connectivity index (χ3v) is 2.54. The maximum absolute atomic E-state index is 10.6. The third-order valence-electron chi connectivity index (χ3n) is 2.54. The average molecular weight is 212 g/mol. The number of oxazole rings is 1. The number of aliphatic hydroxyl groups excluding tert-OH is 1. The number of carboxylic acids is 1. The van der Waals surface area contributed by atoms with Crippen molar-refractivity contribution in [2.75, 3.05) is 18.1 Å². The number of hydrogen-bond acceptors (Lipinski definition) is 5. The summed E-state index contributed by atoms with van der Waals surface area (Å²) >= 11 is 0. The molecule has 0 saturated carbocycles. The number of hydrogen-bond donors (Lipinski definition) is 2. The number of carboxylic acid groups (broad SMARTS) is 1. The second-order valence-electron chi connectivity index (χ2n) is 3.49. The number of rotatable bonds is 3. The van der Waals surface area contributed by atoms with E-state index < -0.39 is 5.97 Å². The van der Waals surface area contributed by atoms with Gasteiger partial charge >= 0.3 is 5.97 Å². The zero-order chi connectivity index (χ0) is 10.8. The van der Waals surface area contributed by atoms with Gasteiger partial charge in [-0.15, -0.1) is 0 Å². The van der Waals surface area contributed by atoms with Crippen LogP contribution in [-0.2, 0) is 0 Å². The van der Waals surface area contributed by atoms with Gasteiger partial charge in [0.1, 0.15) is 6.26 Å². The number of aromatic carboxylic acids is 1. The Bertz CT molecular complexity index is 363. The molecule has 1 unspecified atom stereocenters. The van der Waals surface area contributed by atoms with Crippen molar-refractivity contribution in [1.82, 2.24) is 4.98 Å². The lowest BCUT2D eigenvalue weighted by Gasteiger charge is -2.20. The van der Waals surface area contributed by atoms with E-state index in [1.165, 1.54) is 0 Å². The van der Waals surface area contributed by atoms with E-state index in [1.807, 2.05) is 0 Å². The molecule has 2 heterocycles. The van der Waals surface area contributed by atoms with Crippen LogP contribution < -0.4 is 4.90 Å². The van der Waals surface area contributed by atoms with Gasteiger partial charge in [-0.1, -0.05) is 0 Å². The summed E-state index contributed by atoms with van der Waals surface area (Å²) in [5.74, 6) is -1.11. The van der Waals surface area contributed by atoms with Crippen molar-refractivity contribution >= 4 is 12.0 Å². The number of anilines is 1. The SMILES string of the molecule is O=C(O)c1coc(N2CCCC2CO)n1. The van der Waals surface area contributed by atoms with Gasteiger partial charge in [-0.3, -0.25) is 0 Å². The van der Waals surface area contributed by atoms with Gasteiger partial charge in [0.2, 0.25) is 0 Å². The molecule has 0 amide bonds. The summed E-state index contributed by atoms with van der Waals surface area (Å²) in [5, 5.41) is 17.8. The summed E-state index contributed by atoms with van der Waals surface area (Å²) in [6.07, 6.45) is 2.95. The van der Waals surface area contributed by atoms with Crippen LogP contribution in [0.4, 0.5) is 6.01 Å². The molecule has 1 saturated heterocycles. The summed E-state index contributed by atoms with van der Waals surface area (Å²) in [7, 11) is 0. The molecule has 6 heteroatoms. The monoisotopic (exact) mass is 212 g/mol. The van der Waals surface area contributed by atoms with Crippen molar-refractivity contribution in [2.24, 2.45) is 0 Å². The van der Waals surface area contributed by atoms with Gasteiger partial charge in [-0.25, -0.2) is 4.79 Å². The number of carbonyl (C=O) groups is 1. The van der Waals surface area contributed by atoms with E-state index in [9.17, 15) is 4.79 Å². The molecule has 1 aromatic heterocycles. The Balaban J connectivity index is 2.18. The first kappa shape index (κ1) is 9.97. The molecule has 0 spiro atoms. The molecule has 1 atom stereocenters. The van der Waals surface area contributed by atoms with Gasteiger partial charge in [0.25, 0.3) is 6.01 Å². The first-order valence-electron chi connectivity index (χ1n) is 4.78. The molecule has 2 rings (SSSR count). The van der Waals surface area contributed by atoms with E-state index in [1.54, 1.807) is 4.90 Å². The minimum Gasteiger partial charge on any atom is -0.476 e. The summed E-state index contributed by atoms with van der Waals surface area (Å²) < 4.78 is 5.06. The van der Waals surface area contributed by atoms with Crippen molar-refractivity contribution in [3.8, 4) is 0 Å². The van der Waals surface area contributed by atoms with Crippen molar-refractivity contribution in [3.05, 3.63) is 12.0 Å². The lowest BCUT2D eigenvalue weighted by molar-refractivity contribution is 0.0690. The zero-order valence-electron chi connectivity index (χ0n) is 8.09. The highest BCUT2D eigenvalue weighted by Crippen LogP contribution is 2.24. The molecule has 1 fully saturated rings. The topological polar surface area (TPSA) is 86.8 Å². The fourth-order valence-corrected chi connectivity index (χ4v) is 1.77. The van der Waals surface area contributed by atoms with Crippen LogP contribution in [0.15, 0.2) is 10.7 Å². The van der Waals surface area contributed by atoms with Crippen LogP contribution in [0, 0.1) is 0 Å².